The number of nitrogens with one attached hydrogen (secondary N) is 3. The van der Waals surface area contributed by atoms with Crippen molar-refractivity contribution in [2.75, 3.05) is 25.9 Å². The maximum Gasteiger partial charge on any atom is 0.213 e. The Balaban J connectivity index is 1.48. The first-order chi connectivity index (χ1) is 14.0. The summed E-state index contributed by atoms with van der Waals surface area (Å²) in [7, 11) is -1.60. The second kappa shape index (κ2) is 9.89. The Morgan fingerprint density at radius 3 is 2.83 bits per heavy atom. The molecule has 1 aromatic carbocycles. The van der Waals surface area contributed by atoms with Crippen LogP contribution in [0.4, 0.5) is 0 Å². The molecule has 158 valence electrons. The summed E-state index contributed by atoms with van der Waals surface area (Å²) in [5, 5.41) is 10.7. The minimum Gasteiger partial charge on any atom is -0.355 e. The number of sulfonamides is 1. The minimum absolute atomic E-state index is 0.00920. The highest BCUT2D eigenvalue weighted by Gasteiger charge is 2.20. The highest BCUT2D eigenvalue weighted by Crippen LogP contribution is 2.25. The van der Waals surface area contributed by atoms with Crippen LogP contribution in [-0.2, 0) is 10.0 Å². The summed E-state index contributed by atoms with van der Waals surface area (Å²) in [5.74, 6) is 1.09. The maximum atomic E-state index is 12.1. The zero-order valence-electron chi connectivity index (χ0n) is 17.0. The van der Waals surface area contributed by atoms with Crippen molar-refractivity contribution >= 4 is 16.0 Å². The zero-order valence-corrected chi connectivity index (χ0v) is 17.8. The second-order valence-electron chi connectivity index (χ2n) is 7.37. The summed E-state index contributed by atoms with van der Waals surface area (Å²) >= 11 is 0. The van der Waals surface area contributed by atoms with E-state index < -0.39 is 10.0 Å². The lowest BCUT2D eigenvalue weighted by Gasteiger charge is -2.25. The fourth-order valence-corrected chi connectivity index (χ4v) is 4.16. The fourth-order valence-electron chi connectivity index (χ4n) is 3.16. The summed E-state index contributed by atoms with van der Waals surface area (Å²) in [6.45, 7) is 2.88. The molecule has 1 saturated carbocycles. The first kappa shape index (κ1) is 21.3. The third kappa shape index (κ3) is 6.30. The molecule has 1 heterocycles. The number of rotatable bonds is 9. The second-order valence-corrected chi connectivity index (χ2v) is 9.30. The van der Waals surface area contributed by atoms with E-state index in [0.717, 1.165) is 24.1 Å². The Kier molecular flexibility index (Phi) is 7.27. The van der Waals surface area contributed by atoms with E-state index in [9.17, 15) is 8.42 Å². The van der Waals surface area contributed by atoms with E-state index in [0.29, 0.717) is 25.0 Å². The van der Waals surface area contributed by atoms with Crippen LogP contribution >= 0.6 is 0 Å². The van der Waals surface area contributed by atoms with Crippen molar-refractivity contribution in [3.63, 3.8) is 0 Å². The van der Waals surface area contributed by atoms with E-state index in [1.54, 1.807) is 13.2 Å². The van der Waals surface area contributed by atoms with Gasteiger partial charge in [-0.15, -0.1) is 0 Å². The lowest BCUT2D eigenvalue weighted by Crippen LogP contribution is -2.42. The molecule has 2 aromatic rings. The standard InChI is InChI=1S/C20H30N6O2S/c1-16(18-8-4-9-19(14-18)26-12-5-10-23-26)25-20(21-2)22-11-13-29(27,28)24-15-17-6-3-7-17/h4-5,8-10,12,14,16-17,24H,3,6-7,11,13,15H2,1-2H3,(H2,21,22,25). The van der Waals surface area contributed by atoms with E-state index in [-0.39, 0.29) is 11.8 Å². The Hall–Kier alpha value is -2.39. The van der Waals surface area contributed by atoms with Gasteiger partial charge in [-0.05, 0) is 49.4 Å². The molecule has 0 bridgehead atoms. The summed E-state index contributed by atoms with van der Waals surface area (Å²) in [6, 6.07) is 9.96. The molecule has 9 heteroatoms. The summed E-state index contributed by atoms with van der Waals surface area (Å²) in [5.41, 5.74) is 2.06. The number of nitrogens with zero attached hydrogens (tertiary/aromatic N) is 3. The topological polar surface area (TPSA) is 100 Å². The van der Waals surface area contributed by atoms with Gasteiger partial charge in [0.25, 0.3) is 0 Å². The Morgan fingerprint density at radius 2 is 2.17 bits per heavy atom. The molecule has 1 aliphatic carbocycles. The normalized spacial score (nSPS) is 16.3. The van der Waals surface area contributed by atoms with Crippen LogP contribution in [0.15, 0.2) is 47.7 Å². The molecule has 1 unspecified atom stereocenters. The van der Waals surface area contributed by atoms with Crippen LogP contribution in [0.25, 0.3) is 5.69 Å². The predicted molar refractivity (Wildman–Crippen MR) is 116 cm³/mol. The molecule has 0 spiro atoms. The zero-order chi connectivity index (χ0) is 20.7. The average molecular weight is 419 g/mol. The predicted octanol–water partition coefficient (Wildman–Crippen LogP) is 1.82. The molecule has 0 saturated heterocycles. The Labute approximate surface area is 172 Å². The van der Waals surface area contributed by atoms with Crippen molar-refractivity contribution in [1.29, 1.82) is 0 Å². The molecule has 0 amide bonds. The Bertz CT molecular complexity index is 907. The van der Waals surface area contributed by atoms with Crippen molar-refractivity contribution in [3.05, 3.63) is 48.3 Å². The highest BCUT2D eigenvalue weighted by molar-refractivity contribution is 7.89. The molecule has 29 heavy (non-hydrogen) atoms. The third-order valence-corrected chi connectivity index (χ3v) is 6.54. The van der Waals surface area contributed by atoms with Crippen LogP contribution in [0.5, 0.6) is 0 Å². The van der Waals surface area contributed by atoms with Crippen LogP contribution in [0, 0.1) is 5.92 Å². The van der Waals surface area contributed by atoms with Gasteiger partial charge in [0.2, 0.25) is 10.0 Å². The smallest absolute Gasteiger partial charge is 0.213 e. The lowest BCUT2D eigenvalue weighted by molar-refractivity contribution is 0.316. The first-order valence-corrected chi connectivity index (χ1v) is 11.7. The van der Waals surface area contributed by atoms with Crippen molar-refractivity contribution < 1.29 is 8.42 Å². The summed E-state index contributed by atoms with van der Waals surface area (Å²) in [4.78, 5) is 4.20. The van der Waals surface area contributed by atoms with E-state index in [1.165, 1.54) is 6.42 Å². The molecule has 8 nitrogen and oxygen atoms in total. The number of guanidine groups is 1. The summed E-state index contributed by atoms with van der Waals surface area (Å²) in [6.07, 6.45) is 7.10. The number of benzene rings is 1. The van der Waals surface area contributed by atoms with Gasteiger partial charge in [0.1, 0.15) is 0 Å². The van der Waals surface area contributed by atoms with Gasteiger partial charge in [0.05, 0.1) is 17.5 Å². The molecule has 0 aliphatic heterocycles. The van der Waals surface area contributed by atoms with Gasteiger partial charge < -0.3 is 10.6 Å². The van der Waals surface area contributed by atoms with Crippen molar-refractivity contribution in [3.8, 4) is 5.69 Å². The number of hydrogen-bond donors (Lipinski definition) is 3. The SMILES string of the molecule is CN=C(NCCS(=O)(=O)NCC1CCC1)NC(C)c1cccc(-n2cccn2)c1. The van der Waals surface area contributed by atoms with Crippen LogP contribution in [-0.4, -0.2) is 50.0 Å². The largest absolute Gasteiger partial charge is 0.355 e. The quantitative estimate of drug-likeness (QED) is 0.426. The molecule has 0 radical (unpaired) electrons. The third-order valence-electron chi connectivity index (χ3n) is 5.20. The number of aromatic nitrogens is 2. The van der Waals surface area contributed by atoms with Crippen LogP contribution < -0.4 is 15.4 Å². The number of hydrogen-bond acceptors (Lipinski definition) is 4. The van der Waals surface area contributed by atoms with Crippen LogP contribution in [0.2, 0.25) is 0 Å². The van der Waals surface area contributed by atoms with E-state index in [1.807, 2.05) is 42.1 Å². The highest BCUT2D eigenvalue weighted by atomic mass is 32.2. The molecular weight excluding hydrogens is 388 g/mol. The average Bonchev–Trinajstić information content (AvgIpc) is 3.20. The van der Waals surface area contributed by atoms with Crippen LogP contribution in [0.3, 0.4) is 0 Å². The fraction of sp³-hybridized carbons (Fsp3) is 0.500. The van der Waals surface area contributed by atoms with Gasteiger partial charge in [-0.2, -0.15) is 5.10 Å². The molecule has 1 aliphatic rings. The lowest BCUT2D eigenvalue weighted by atomic mass is 9.86. The van der Waals surface area contributed by atoms with E-state index in [2.05, 4.69) is 31.5 Å². The van der Waals surface area contributed by atoms with Crippen molar-refractivity contribution in [1.82, 2.24) is 25.1 Å². The van der Waals surface area contributed by atoms with Gasteiger partial charge in [-0.25, -0.2) is 17.8 Å². The molecule has 1 aromatic heterocycles. The monoisotopic (exact) mass is 418 g/mol. The molecule has 1 atom stereocenters. The number of aliphatic imine (C=N–C) groups is 1. The van der Waals surface area contributed by atoms with Crippen molar-refractivity contribution in [2.45, 2.75) is 32.2 Å². The van der Waals surface area contributed by atoms with E-state index >= 15 is 0 Å². The Morgan fingerprint density at radius 1 is 1.34 bits per heavy atom. The molecule has 1 fully saturated rings. The van der Waals surface area contributed by atoms with Gasteiger partial charge in [-0.3, -0.25) is 4.99 Å². The molecule has 3 rings (SSSR count). The van der Waals surface area contributed by atoms with Crippen LogP contribution in [0.1, 0.15) is 37.8 Å². The van der Waals surface area contributed by atoms with Gasteiger partial charge >= 0.3 is 0 Å². The first-order valence-electron chi connectivity index (χ1n) is 10.0. The van der Waals surface area contributed by atoms with E-state index in [4.69, 9.17) is 0 Å². The van der Waals surface area contributed by atoms with Gasteiger partial charge in [0, 0.05) is 32.5 Å². The van der Waals surface area contributed by atoms with Gasteiger partial charge in [0.15, 0.2) is 5.96 Å². The van der Waals surface area contributed by atoms with Gasteiger partial charge in [-0.1, -0.05) is 18.6 Å². The molecule has 3 N–H and O–H groups in total. The van der Waals surface area contributed by atoms with Crippen molar-refractivity contribution in [2.24, 2.45) is 10.9 Å². The maximum absolute atomic E-state index is 12.1. The molecular formula is C20H30N6O2S. The minimum atomic E-state index is -3.27. The summed E-state index contributed by atoms with van der Waals surface area (Å²) < 4.78 is 28.8.